The van der Waals surface area contributed by atoms with E-state index in [1.54, 1.807) is 0 Å². The van der Waals surface area contributed by atoms with Gasteiger partial charge in [0.15, 0.2) is 0 Å². The van der Waals surface area contributed by atoms with Gasteiger partial charge in [-0.2, -0.15) is 0 Å². The Morgan fingerprint density at radius 3 is 2.12 bits per heavy atom. The van der Waals surface area contributed by atoms with Crippen LogP contribution in [0.3, 0.4) is 0 Å². The summed E-state index contributed by atoms with van der Waals surface area (Å²) in [6, 6.07) is 0. The second kappa shape index (κ2) is 4.02. The Balaban J connectivity index is 2.16. The summed E-state index contributed by atoms with van der Waals surface area (Å²) in [6.07, 6.45) is 3.40. The van der Waals surface area contributed by atoms with Gasteiger partial charge in [0, 0.05) is 13.1 Å². The monoisotopic (exact) mass is 225 g/mol. The molecule has 0 aromatic carbocycles. The SMILES string of the molecule is CC1CC(C)CN(C(C)(C(=O)O)C2CC2)C1. The Morgan fingerprint density at radius 1 is 1.25 bits per heavy atom. The fraction of sp³-hybridized carbons (Fsp3) is 0.923. The van der Waals surface area contributed by atoms with Crippen LogP contribution >= 0.6 is 0 Å². The fourth-order valence-corrected chi connectivity index (χ4v) is 3.26. The summed E-state index contributed by atoms with van der Waals surface area (Å²) in [5.74, 6) is 1.00. The quantitative estimate of drug-likeness (QED) is 0.800. The molecule has 0 radical (unpaired) electrons. The summed E-state index contributed by atoms with van der Waals surface area (Å²) in [5, 5.41) is 9.53. The van der Waals surface area contributed by atoms with Crippen LogP contribution in [0.15, 0.2) is 0 Å². The molecule has 3 atom stereocenters. The lowest BCUT2D eigenvalue weighted by atomic mass is 9.85. The smallest absolute Gasteiger partial charge is 0.324 e. The van der Waals surface area contributed by atoms with Gasteiger partial charge in [0.05, 0.1) is 0 Å². The third-order valence-electron chi connectivity index (χ3n) is 4.33. The van der Waals surface area contributed by atoms with Gasteiger partial charge < -0.3 is 5.11 Å². The van der Waals surface area contributed by atoms with Gasteiger partial charge in [0.2, 0.25) is 0 Å². The molecule has 1 aliphatic heterocycles. The van der Waals surface area contributed by atoms with Crippen molar-refractivity contribution in [3.63, 3.8) is 0 Å². The van der Waals surface area contributed by atoms with Crippen molar-refractivity contribution >= 4 is 5.97 Å². The van der Waals surface area contributed by atoms with Crippen molar-refractivity contribution in [1.29, 1.82) is 0 Å². The van der Waals surface area contributed by atoms with Gasteiger partial charge in [-0.3, -0.25) is 9.69 Å². The first-order valence-corrected chi connectivity index (χ1v) is 6.43. The van der Waals surface area contributed by atoms with Gasteiger partial charge in [0.25, 0.3) is 0 Å². The van der Waals surface area contributed by atoms with E-state index in [-0.39, 0.29) is 0 Å². The largest absolute Gasteiger partial charge is 0.480 e. The number of carbonyl (C=O) groups is 1. The Bertz CT molecular complexity index is 278. The molecule has 1 N–H and O–H groups in total. The highest BCUT2D eigenvalue weighted by molar-refractivity contribution is 5.79. The van der Waals surface area contributed by atoms with Gasteiger partial charge in [-0.15, -0.1) is 0 Å². The molecule has 2 rings (SSSR count). The average molecular weight is 225 g/mol. The Kier molecular flexibility index (Phi) is 2.99. The van der Waals surface area contributed by atoms with Crippen molar-refractivity contribution in [2.75, 3.05) is 13.1 Å². The lowest BCUT2D eigenvalue weighted by Crippen LogP contribution is -2.58. The van der Waals surface area contributed by atoms with E-state index in [0.29, 0.717) is 17.8 Å². The molecule has 0 amide bonds. The predicted octanol–water partition coefficient (Wildman–Crippen LogP) is 2.22. The van der Waals surface area contributed by atoms with Gasteiger partial charge in [0.1, 0.15) is 5.54 Å². The maximum absolute atomic E-state index is 11.6. The molecule has 0 aromatic rings. The van der Waals surface area contributed by atoms with E-state index in [9.17, 15) is 9.90 Å². The molecule has 16 heavy (non-hydrogen) atoms. The number of carboxylic acids is 1. The molecule has 92 valence electrons. The highest BCUT2D eigenvalue weighted by atomic mass is 16.4. The van der Waals surface area contributed by atoms with Crippen molar-refractivity contribution in [2.24, 2.45) is 17.8 Å². The Labute approximate surface area is 97.8 Å². The van der Waals surface area contributed by atoms with Crippen LogP contribution in [0.2, 0.25) is 0 Å². The number of hydrogen-bond donors (Lipinski definition) is 1. The van der Waals surface area contributed by atoms with Gasteiger partial charge in [-0.05, 0) is 43.9 Å². The first-order chi connectivity index (χ1) is 7.44. The molecule has 1 aliphatic carbocycles. The van der Waals surface area contributed by atoms with E-state index >= 15 is 0 Å². The summed E-state index contributed by atoms with van der Waals surface area (Å²) in [6.45, 7) is 8.29. The van der Waals surface area contributed by atoms with Crippen LogP contribution in [0.5, 0.6) is 0 Å². The van der Waals surface area contributed by atoms with Crippen LogP contribution in [0, 0.1) is 17.8 Å². The summed E-state index contributed by atoms with van der Waals surface area (Å²) in [5.41, 5.74) is -0.608. The minimum absolute atomic E-state index is 0.377. The van der Waals surface area contributed by atoms with Crippen LogP contribution < -0.4 is 0 Å². The molecular weight excluding hydrogens is 202 g/mol. The van der Waals surface area contributed by atoms with Crippen molar-refractivity contribution < 1.29 is 9.90 Å². The van der Waals surface area contributed by atoms with Gasteiger partial charge in [-0.1, -0.05) is 13.8 Å². The highest BCUT2D eigenvalue weighted by Crippen LogP contribution is 2.44. The summed E-state index contributed by atoms with van der Waals surface area (Å²) >= 11 is 0. The summed E-state index contributed by atoms with van der Waals surface area (Å²) in [4.78, 5) is 13.8. The minimum atomic E-state index is -0.628. The molecule has 3 unspecified atom stereocenters. The van der Waals surface area contributed by atoms with E-state index in [1.807, 2.05) is 6.92 Å². The standard InChI is InChI=1S/C13H23NO2/c1-9-6-10(2)8-14(7-9)13(3,12(15)16)11-4-5-11/h9-11H,4-8H2,1-3H3,(H,15,16). The number of aliphatic carboxylic acids is 1. The lowest BCUT2D eigenvalue weighted by Gasteiger charge is -2.44. The lowest BCUT2D eigenvalue weighted by molar-refractivity contribution is -0.154. The molecule has 0 bridgehead atoms. The zero-order valence-electron chi connectivity index (χ0n) is 10.6. The Hall–Kier alpha value is -0.570. The first-order valence-electron chi connectivity index (χ1n) is 6.43. The maximum Gasteiger partial charge on any atom is 0.324 e. The van der Waals surface area contributed by atoms with E-state index < -0.39 is 11.5 Å². The van der Waals surface area contributed by atoms with E-state index in [4.69, 9.17) is 0 Å². The number of rotatable bonds is 3. The number of carboxylic acid groups (broad SMARTS) is 1. The fourth-order valence-electron chi connectivity index (χ4n) is 3.26. The zero-order chi connectivity index (χ0) is 11.9. The van der Waals surface area contributed by atoms with Crippen molar-refractivity contribution in [2.45, 2.75) is 45.6 Å². The second-order valence-electron chi connectivity index (χ2n) is 6.08. The summed E-state index contributed by atoms with van der Waals surface area (Å²) < 4.78 is 0. The maximum atomic E-state index is 11.6. The van der Waals surface area contributed by atoms with Gasteiger partial charge in [-0.25, -0.2) is 0 Å². The third-order valence-corrected chi connectivity index (χ3v) is 4.33. The molecule has 0 spiro atoms. The normalized spacial score (nSPS) is 35.7. The minimum Gasteiger partial charge on any atom is -0.480 e. The number of piperidine rings is 1. The number of hydrogen-bond acceptors (Lipinski definition) is 2. The second-order valence-corrected chi connectivity index (χ2v) is 6.08. The molecule has 3 nitrogen and oxygen atoms in total. The van der Waals surface area contributed by atoms with E-state index in [1.165, 1.54) is 6.42 Å². The highest BCUT2D eigenvalue weighted by Gasteiger charge is 2.52. The molecule has 1 heterocycles. The molecule has 3 heteroatoms. The third kappa shape index (κ3) is 1.97. The molecule has 1 saturated carbocycles. The predicted molar refractivity (Wildman–Crippen MR) is 63.3 cm³/mol. The molecule has 2 fully saturated rings. The number of likely N-dealkylation sites (tertiary alicyclic amines) is 1. The zero-order valence-corrected chi connectivity index (χ0v) is 10.6. The molecular formula is C13H23NO2. The van der Waals surface area contributed by atoms with E-state index in [2.05, 4.69) is 18.7 Å². The average Bonchev–Trinajstić information content (AvgIpc) is 2.97. The van der Waals surface area contributed by atoms with Crippen LogP contribution in [0.25, 0.3) is 0 Å². The van der Waals surface area contributed by atoms with Gasteiger partial charge >= 0.3 is 5.97 Å². The topological polar surface area (TPSA) is 40.5 Å². The molecule has 1 saturated heterocycles. The van der Waals surface area contributed by atoms with E-state index in [0.717, 1.165) is 25.9 Å². The van der Waals surface area contributed by atoms with Crippen molar-refractivity contribution in [1.82, 2.24) is 4.90 Å². The van der Waals surface area contributed by atoms with Crippen LogP contribution in [0.4, 0.5) is 0 Å². The van der Waals surface area contributed by atoms with Crippen LogP contribution in [0.1, 0.15) is 40.0 Å². The van der Waals surface area contributed by atoms with Crippen LogP contribution in [-0.4, -0.2) is 34.6 Å². The first kappa shape index (κ1) is 11.9. The van der Waals surface area contributed by atoms with Crippen LogP contribution in [-0.2, 0) is 4.79 Å². The Morgan fingerprint density at radius 2 is 1.75 bits per heavy atom. The molecule has 0 aromatic heterocycles. The number of nitrogens with zero attached hydrogens (tertiary/aromatic N) is 1. The summed E-state index contributed by atoms with van der Waals surface area (Å²) in [7, 11) is 0. The van der Waals surface area contributed by atoms with Crippen molar-refractivity contribution in [3.8, 4) is 0 Å². The molecule has 2 aliphatic rings. The van der Waals surface area contributed by atoms with Crippen molar-refractivity contribution in [3.05, 3.63) is 0 Å².